The normalized spacial score (nSPS) is 15.3. The van der Waals surface area contributed by atoms with E-state index in [0.29, 0.717) is 5.17 Å². The van der Waals surface area contributed by atoms with Crippen LogP contribution in [0.1, 0.15) is 17.2 Å². The number of aliphatic hydroxyl groups is 1. The summed E-state index contributed by atoms with van der Waals surface area (Å²) in [6, 6.07) is 15.8. The average Bonchev–Trinajstić information content (AvgIpc) is 3.03. The highest BCUT2D eigenvalue weighted by Gasteiger charge is 2.26. The molecule has 1 saturated heterocycles. The first-order valence-corrected chi connectivity index (χ1v) is 10.4. The SMILES string of the molecule is Cc1ccc(S(=O)(=O)O)cc1.N=C1SCCN1C(CO)c1ccccc1. The molecule has 1 atom stereocenters. The Morgan fingerprint density at radius 3 is 2.23 bits per heavy atom. The summed E-state index contributed by atoms with van der Waals surface area (Å²) < 4.78 is 29.6. The van der Waals surface area contributed by atoms with Crippen molar-refractivity contribution < 1.29 is 18.1 Å². The zero-order chi connectivity index (χ0) is 19.2. The summed E-state index contributed by atoms with van der Waals surface area (Å²) in [6.45, 7) is 2.75. The summed E-state index contributed by atoms with van der Waals surface area (Å²) >= 11 is 1.54. The van der Waals surface area contributed by atoms with Crippen LogP contribution in [0.2, 0.25) is 0 Å². The highest BCUT2D eigenvalue weighted by molar-refractivity contribution is 8.14. The Kier molecular flexibility index (Phi) is 7.22. The average molecular weight is 395 g/mol. The van der Waals surface area contributed by atoms with E-state index < -0.39 is 10.1 Å². The third-order valence-corrected chi connectivity index (χ3v) is 5.65. The van der Waals surface area contributed by atoms with Crippen LogP contribution in [0.3, 0.4) is 0 Å². The van der Waals surface area contributed by atoms with Gasteiger partial charge in [-0.2, -0.15) is 8.42 Å². The second-order valence-corrected chi connectivity index (χ2v) is 8.25. The molecule has 0 amide bonds. The summed E-state index contributed by atoms with van der Waals surface area (Å²) in [5.74, 6) is 0.947. The Morgan fingerprint density at radius 2 is 1.77 bits per heavy atom. The standard InChI is InChI=1S/C11H14N2OS.C7H8O3S/c12-11-13(6-7-15-11)10(8-14)9-4-2-1-3-5-9;1-6-2-4-7(5-3-6)11(8,9)10/h1-5,10,12,14H,6-8H2;2-5H,1H3,(H,8,9,10). The molecule has 3 rings (SSSR count). The van der Waals surface area contributed by atoms with Crippen molar-refractivity contribution in [2.45, 2.75) is 17.9 Å². The Bertz CT molecular complexity index is 824. The molecule has 2 aromatic rings. The van der Waals surface area contributed by atoms with E-state index in [1.807, 2.05) is 42.2 Å². The molecule has 1 fully saturated rings. The number of nitrogens with one attached hydrogen (secondary N) is 1. The van der Waals surface area contributed by atoms with E-state index >= 15 is 0 Å². The lowest BCUT2D eigenvalue weighted by atomic mass is 10.1. The lowest BCUT2D eigenvalue weighted by Crippen LogP contribution is -2.31. The predicted molar refractivity (Wildman–Crippen MR) is 104 cm³/mol. The number of aliphatic hydroxyl groups excluding tert-OH is 1. The largest absolute Gasteiger partial charge is 0.394 e. The highest BCUT2D eigenvalue weighted by atomic mass is 32.2. The zero-order valence-electron chi connectivity index (χ0n) is 14.4. The van der Waals surface area contributed by atoms with Gasteiger partial charge in [-0.3, -0.25) is 9.96 Å². The van der Waals surface area contributed by atoms with E-state index in [4.69, 9.17) is 9.96 Å². The molecular weight excluding hydrogens is 372 g/mol. The molecule has 0 bridgehead atoms. The molecule has 1 heterocycles. The fraction of sp³-hybridized carbons (Fsp3) is 0.278. The van der Waals surface area contributed by atoms with Gasteiger partial charge in [0.2, 0.25) is 0 Å². The molecule has 1 unspecified atom stereocenters. The van der Waals surface area contributed by atoms with Crippen molar-refractivity contribution in [3.63, 3.8) is 0 Å². The smallest absolute Gasteiger partial charge is 0.294 e. The van der Waals surface area contributed by atoms with Gasteiger partial charge in [-0.25, -0.2) is 0 Å². The molecule has 2 aromatic carbocycles. The number of hydrogen-bond donors (Lipinski definition) is 3. The first-order chi connectivity index (χ1) is 12.3. The van der Waals surface area contributed by atoms with Gasteiger partial charge >= 0.3 is 0 Å². The number of amidine groups is 1. The zero-order valence-corrected chi connectivity index (χ0v) is 16.0. The van der Waals surface area contributed by atoms with Crippen molar-refractivity contribution >= 4 is 27.0 Å². The lowest BCUT2D eigenvalue weighted by molar-refractivity contribution is 0.189. The van der Waals surface area contributed by atoms with Gasteiger partial charge in [-0.1, -0.05) is 59.8 Å². The molecule has 6 nitrogen and oxygen atoms in total. The van der Waals surface area contributed by atoms with Crippen molar-refractivity contribution in [1.29, 1.82) is 5.41 Å². The van der Waals surface area contributed by atoms with Crippen LogP contribution in [0.4, 0.5) is 0 Å². The van der Waals surface area contributed by atoms with E-state index in [-0.39, 0.29) is 17.5 Å². The molecule has 0 saturated carbocycles. The summed E-state index contributed by atoms with van der Waals surface area (Å²) in [4.78, 5) is 1.89. The van der Waals surface area contributed by atoms with Crippen molar-refractivity contribution in [2.75, 3.05) is 18.9 Å². The van der Waals surface area contributed by atoms with Crippen LogP contribution in [0.5, 0.6) is 0 Å². The third kappa shape index (κ3) is 5.57. The molecular formula is C18H22N2O4S2. The van der Waals surface area contributed by atoms with Crippen LogP contribution < -0.4 is 0 Å². The highest BCUT2D eigenvalue weighted by Crippen LogP contribution is 2.27. The summed E-state index contributed by atoms with van der Waals surface area (Å²) in [5.41, 5.74) is 2.03. The van der Waals surface area contributed by atoms with Gasteiger partial charge in [0.15, 0.2) is 5.17 Å². The molecule has 26 heavy (non-hydrogen) atoms. The van der Waals surface area contributed by atoms with Crippen molar-refractivity contribution in [3.05, 3.63) is 65.7 Å². The first-order valence-electron chi connectivity index (χ1n) is 8.01. The molecule has 0 spiro atoms. The van der Waals surface area contributed by atoms with Gasteiger partial charge in [0, 0.05) is 12.3 Å². The molecule has 1 aliphatic rings. The van der Waals surface area contributed by atoms with Gasteiger partial charge in [0.25, 0.3) is 10.1 Å². The maximum atomic E-state index is 10.5. The Balaban J connectivity index is 0.000000197. The number of aryl methyl sites for hydroxylation is 1. The minimum absolute atomic E-state index is 0.0614. The molecule has 140 valence electrons. The van der Waals surface area contributed by atoms with Crippen molar-refractivity contribution in [1.82, 2.24) is 4.90 Å². The molecule has 0 aromatic heterocycles. The fourth-order valence-electron chi connectivity index (χ4n) is 2.49. The van der Waals surface area contributed by atoms with Crippen LogP contribution in [0.25, 0.3) is 0 Å². The monoisotopic (exact) mass is 394 g/mol. The fourth-order valence-corrected chi connectivity index (χ4v) is 3.84. The van der Waals surface area contributed by atoms with Gasteiger partial charge in [-0.15, -0.1) is 0 Å². The number of benzene rings is 2. The van der Waals surface area contributed by atoms with Crippen LogP contribution in [0.15, 0.2) is 59.5 Å². The summed E-state index contributed by atoms with van der Waals surface area (Å²) in [6.07, 6.45) is 0. The molecule has 1 aliphatic heterocycles. The van der Waals surface area contributed by atoms with Gasteiger partial charge in [-0.05, 0) is 24.6 Å². The topological polar surface area (TPSA) is 102 Å². The van der Waals surface area contributed by atoms with E-state index in [9.17, 15) is 13.5 Å². The van der Waals surface area contributed by atoms with E-state index in [2.05, 4.69) is 0 Å². The maximum absolute atomic E-state index is 10.5. The summed E-state index contributed by atoms with van der Waals surface area (Å²) in [5, 5.41) is 17.7. The van der Waals surface area contributed by atoms with Crippen molar-refractivity contribution in [3.8, 4) is 0 Å². The Labute approximate surface area is 158 Å². The Morgan fingerprint density at radius 1 is 1.15 bits per heavy atom. The molecule has 3 N–H and O–H groups in total. The van der Waals surface area contributed by atoms with Crippen LogP contribution in [-0.2, 0) is 10.1 Å². The second-order valence-electron chi connectivity index (χ2n) is 5.74. The van der Waals surface area contributed by atoms with Gasteiger partial charge in [0.1, 0.15) is 0 Å². The predicted octanol–water partition coefficient (Wildman–Crippen LogP) is 2.95. The van der Waals surface area contributed by atoms with E-state index in [1.165, 1.54) is 12.1 Å². The maximum Gasteiger partial charge on any atom is 0.294 e. The molecule has 0 radical (unpaired) electrons. The van der Waals surface area contributed by atoms with Gasteiger partial charge in [0.05, 0.1) is 17.5 Å². The number of rotatable bonds is 4. The Hall–Kier alpha value is -1.87. The van der Waals surface area contributed by atoms with Crippen LogP contribution in [0, 0.1) is 12.3 Å². The minimum Gasteiger partial charge on any atom is -0.394 e. The quantitative estimate of drug-likeness (QED) is 0.689. The van der Waals surface area contributed by atoms with Gasteiger partial charge < -0.3 is 10.0 Å². The van der Waals surface area contributed by atoms with Crippen LogP contribution in [-0.4, -0.2) is 47.0 Å². The van der Waals surface area contributed by atoms with E-state index in [0.717, 1.165) is 23.4 Å². The third-order valence-electron chi connectivity index (χ3n) is 3.88. The summed E-state index contributed by atoms with van der Waals surface area (Å²) in [7, 11) is -4.02. The minimum atomic E-state index is -4.02. The molecule has 0 aliphatic carbocycles. The molecule has 8 heteroatoms. The number of nitrogens with zero attached hydrogens (tertiary/aromatic N) is 1. The number of hydrogen-bond acceptors (Lipinski definition) is 5. The lowest BCUT2D eigenvalue weighted by Gasteiger charge is -2.27. The number of thioether (sulfide) groups is 1. The van der Waals surface area contributed by atoms with Crippen LogP contribution >= 0.6 is 11.8 Å². The first kappa shape index (κ1) is 20.4. The second kappa shape index (κ2) is 9.18. The van der Waals surface area contributed by atoms with E-state index in [1.54, 1.807) is 23.9 Å². The van der Waals surface area contributed by atoms with Crippen molar-refractivity contribution in [2.24, 2.45) is 0 Å².